The molecular weight excluding hydrogens is 238 g/mol. The predicted octanol–water partition coefficient (Wildman–Crippen LogP) is 2.49. The molecule has 1 atom stereocenters. The maximum Gasteiger partial charge on any atom is 0.0966 e. The van der Waals surface area contributed by atoms with Crippen LogP contribution in [0, 0.1) is 5.92 Å². The van der Waals surface area contributed by atoms with Gasteiger partial charge in [-0.2, -0.15) is 0 Å². The third kappa shape index (κ3) is 2.54. The molecule has 0 amide bonds. The number of aromatic nitrogens is 2. The second-order valence-electron chi connectivity index (χ2n) is 5.14. The van der Waals surface area contributed by atoms with Gasteiger partial charge in [-0.05, 0) is 30.9 Å². The van der Waals surface area contributed by atoms with Gasteiger partial charge in [0.05, 0.1) is 24.0 Å². The van der Waals surface area contributed by atoms with E-state index in [1.807, 2.05) is 24.7 Å². The maximum atomic E-state index is 5.30. The van der Waals surface area contributed by atoms with E-state index < -0.39 is 0 Å². The van der Waals surface area contributed by atoms with Crippen molar-refractivity contribution in [2.75, 3.05) is 31.7 Å². The van der Waals surface area contributed by atoms with Crippen molar-refractivity contribution in [2.24, 2.45) is 5.92 Å². The summed E-state index contributed by atoms with van der Waals surface area (Å²) in [6, 6.07) is 4.02. The highest BCUT2D eigenvalue weighted by Gasteiger charge is 2.21. The first kappa shape index (κ1) is 12.4. The summed E-state index contributed by atoms with van der Waals surface area (Å²) < 4.78 is 5.30. The van der Waals surface area contributed by atoms with Crippen molar-refractivity contribution in [3.63, 3.8) is 0 Å². The van der Waals surface area contributed by atoms with Gasteiger partial charge in [-0.25, -0.2) is 0 Å². The SMILES string of the molecule is COCC1CCCN(c2cncc3cccnc23)C1. The minimum Gasteiger partial charge on any atom is -0.384 e. The van der Waals surface area contributed by atoms with Gasteiger partial charge in [-0.15, -0.1) is 0 Å². The highest BCUT2D eigenvalue weighted by Crippen LogP contribution is 2.28. The molecule has 0 bridgehead atoms. The van der Waals surface area contributed by atoms with Crippen LogP contribution in [0.4, 0.5) is 5.69 Å². The number of rotatable bonds is 3. The number of pyridine rings is 2. The van der Waals surface area contributed by atoms with Crippen LogP contribution in [-0.4, -0.2) is 36.8 Å². The van der Waals surface area contributed by atoms with E-state index in [0.29, 0.717) is 5.92 Å². The molecule has 4 heteroatoms. The first-order valence-electron chi connectivity index (χ1n) is 6.81. The van der Waals surface area contributed by atoms with Crippen LogP contribution >= 0.6 is 0 Å². The van der Waals surface area contributed by atoms with E-state index in [1.54, 1.807) is 7.11 Å². The number of anilines is 1. The van der Waals surface area contributed by atoms with Crippen molar-refractivity contribution in [3.8, 4) is 0 Å². The fourth-order valence-electron chi connectivity index (χ4n) is 2.87. The number of hydrogen-bond acceptors (Lipinski definition) is 4. The fraction of sp³-hybridized carbons (Fsp3) is 0.467. The van der Waals surface area contributed by atoms with Crippen LogP contribution in [0.2, 0.25) is 0 Å². The number of ether oxygens (including phenoxy) is 1. The number of hydrogen-bond donors (Lipinski definition) is 0. The summed E-state index contributed by atoms with van der Waals surface area (Å²) in [5.74, 6) is 0.609. The van der Waals surface area contributed by atoms with Crippen LogP contribution in [0.15, 0.2) is 30.7 Å². The van der Waals surface area contributed by atoms with Gasteiger partial charge in [-0.3, -0.25) is 9.97 Å². The Morgan fingerprint density at radius 2 is 2.37 bits per heavy atom. The molecule has 100 valence electrons. The largest absolute Gasteiger partial charge is 0.384 e. The molecule has 1 aliphatic heterocycles. The molecule has 0 saturated carbocycles. The normalized spacial score (nSPS) is 19.8. The number of piperidine rings is 1. The Labute approximate surface area is 113 Å². The number of nitrogens with zero attached hydrogens (tertiary/aromatic N) is 3. The van der Waals surface area contributed by atoms with Crippen LogP contribution < -0.4 is 4.90 Å². The van der Waals surface area contributed by atoms with E-state index >= 15 is 0 Å². The molecule has 0 N–H and O–H groups in total. The van der Waals surface area contributed by atoms with Crippen molar-refractivity contribution < 1.29 is 4.74 Å². The van der Waals surface area contributed by atoms with Crippen LogP contribution in [-0.2, 0) is 4.74 Å². The maximum absolute atomic E-state index is 5.30. The standard InChI is InChI=1S/C15H19N3O/c1-19-11-12-4-3-7-18(10-12)14-9-16-8-13-5-2-6-17-15(13)14/h2,5-6,8-9,12H,3-4,7,10-11H2,1H3. The third-order valence-corrected chi connectivity index (χ3v) is 3.75. The van der Waals surface area contributed by atoms with E-state index in [1.165, 1.54) is 12.8 Å². The van der Waals surface area contributed by atoms with Gasteiger partial charge in [0.15, 0.2) is 0 Å². The highest BCUT2D eigenvalue weighted by atomic mass is 16.5. The van der Waals surface area contributed by atoms with Crippen molar-refractivity contribution in [3.05, 3.63) is 30.7 Å². The van der Waals surface area contributed by atoms with Crippen LogP contribution in [0.3, 0.4) is 0 Å². The lowest BCUT2D eigenvalue weighted by Gasteiger charge is -2.34. The molecule has 3 heterocycles. The molecule has 2 aromatic rings. The Bertz CT molecular complexity index is 551. The summed E-state index contributed by atoms with van der Waals surface area (Å²) in [6.07, 6.45) is 8.11. The van der Waals surface area contributed by atoms with E-state index in [9.17, 15) is 0 Å². The summed E-state index contributed by atoms with van der Waals surface area (Å²) >= 11 is 0. The van der Waals surface area contributed by atoms with Crippen LogP contribution in [0.5, 0.6) is 0 Å². The minimum atomic E-state index is 0.609. The molecule has 19 heavy (non-hydrogen) atoms. The summed E-state index contributed by atoms with van der Waals surface area (Å²) in [5, 5.41) is 1.11. The van der Waals surface area contributed by atoms with Gasteiger partial charge in [0.25, 0.3) is 0 Å². The quantitative estimate of drug-likeness (QED) is 0.846. The minimum absolute atomic E-state index is 0.609. The number of fused-ring (bicyclic) bond motifs is 1. The molecule has 0 radical (unpaired) electrons. The predicted molar refractivity (Wildman–Crippen MR) is 76.4 cm³/mol. The number of methoxy groups -OCH3 is 1. The van der Waals surface area contributed by atoms with E-state index in [-0.39, 0.29) is 0 Å². The third-order valence-electron chi connectivity index (χ3n) is 3.75. The molecular formula is C15H19N3O. The average Bonchev–Trinajstić information content (AvgIpc) is 2.47. The Hall–Kier alpha value is -1.68. The van der Waals surface area contributed by atoms with Crippen LogP contribution in [0.1, 0.15) is 12.8 Å². The van der Waals surface area contributed by atoms with E-state index in [2.05, 4.69) is 20.9 Å². The monoisotopic (exact) mass is 257 g/mol. The molecule has 2 aromatic heterocycles. The molecule has 0 spiro atoms. The average molecular weight is 257 g/mol. The fourth-order valence-corrected chi connectivity index (χ4v) is 2.87. The first-order valence-corrected chi connectivity index (χ1v) is 6.81. The van der Waals surface area contributed by atoms with E-state index in [4.69, 9.17) is 4.74 Å². The molecule has 0 aliphatic carbocycles. The summed E-state index contributed by atoms with van der Waals surface area (Å²) in [4.78, 5) is 11.3. The van der Waals surface area contributed by atoms with Gasteiger partial charge in [-0.1, -0.05) is 0 Å². The lowest BCUT2D eigenvalue weighted by Crippen LogP contribution is -2.37. The Balaban J connectivity index is 1.91. The lowest BCUT2D eigenvalue weighted by molar-refractivity contribution is 0.143. The molecule has 1 aliphatic rings. The topological polar surface area (TPSA) is 38.2 Å². The zero-order valence-electron chi connectivity index (χ0n) is 11.2. The molecule has 1 saturated heterocycles. The summed E-state index contributed by atoms with van der Waals surface area (Å²) in [5.41, 5.74) is 2.20. The Morgan fingerprint density at radius 3 is 3.26 bits per heavy atom. The molecule has 1 fully saturated rings. The van der Waals surface area contributed by atoms with Gasteiger partial charge in [0.2, 0.25) is 0 Å². The van der Waals surface area contributed by atoms with Gasteiger partial charge < -0.3 is 9.64 Å². The zero-order chi connectivity index (χ0) is 13.1. The first-order chi connectivity index (χ1) is 9.38. The summed E-state index contributed by atoms with van der Waals surface area (Å²) in [6.45, 7) is 2.95. The Morgan fingerprint density at radius 1 is 1.42 bits per heavy atom. The van der Waals surface area contributed by atoms with Gasteiger partial charge in [0.1, 0.15) is 0 Å². The van der Waals surface area contributed by atoms with Crippen molar-refractivity contribution >= 4 is 16.6 Å². The second-order valence-corrected chi connectivity index (χ2v) is 5.14. The van der Waals surface area contributed by atoms with Crippen molar-refractivity contribution in [2.45, 2.75) is 12.8 Å². The van der Waals surface area contributed by atoms with Gasteiger partial charge >= 0.3 is 0 Å². The smallest absolute Gasteiger partial charge is 0.0966 e. The highest BCUT2D eigenvalue weighted by molar-refractivity contribution is 5.89. The van der Waals surface area contributed by atoms with Crippen molar-refractivity contribution in [1.29, 1.82) is 0 Å². The molecule has 4 nitrogen and oxygen atoms in total. The van der Waals surface area contributed by atoms with Crippen LogP contribution in [0.25, 0.3) is 10.9 Å². The second kappa shape index (κ2) is 5.53. The van der Waals surface area contributed by atoms with Gasteiger partial charge in [0, 0.05) is 38.0 Å². The van der Waals surface area contributed by atoms with Crippen molar-refractivity contribution in [1.82, 2.24) is 9.97 Å². The van der Waals surface area contributed by atoms with E-state index in [0.717, 1.165) is 36.3 Å². The molecule has 3 rings (SSSR count). The molecule has 1 unspecified atom stereocenters. The Kier molecular flexibility index (Phi) is 3.60. The zero-order valence-corrected chi connectivity index (χ0v) is 11.2. The summed E-state index contributed by atoms with van der Waals surface area (Å²) in [7, 11) is 1.78. The lowest BCUT2D eigenvalue weighted by atomic mass is 9.98. The molecule has 0 aromatic carbocycles.